The fourth-order valence-electron chi connectivity index (χ4n) is 0.364. The van der Waals surface area contributed by atoms with Crippen molar-refractivity contribution in [3.05, 3.63) is 0 Å². The number of carbonyl (C=O) groups excluding carboxylic acids is 1. The monoisotopic (exact) mass is 168 g/mol. The molecule has 0 saturated heterocycles. The molecule has 0 saturated carbocycles. The van der Waals surface area contributed by atoms with Gasteiger partial charge in [-0.05, 0) is 7.05 Å². The molecule has 1 N–H and O–H groups in total. The Kier molecular flexibility index (Phi) is 8.40. The quantitative estimate of drug-likeness (QED) is 0.586. The van der Waals surface area contributed by atoms with Gasteiger partial charge >= 0.3 is 0 Å². The molecule has 0 radical (unpaired) electrons. The molecule has 1 amide bonds. The molecule has 0 aliphatic carbocycles. The molecule has 0 aromatic heterocycles. The van der Waals surface area contributed by atoms with E-state index in [9.17, 15) is 4.79 Å². The van der Waals surface area contributed by atoms with E-state index in [1.807, 2.05) is 0 Å². The largest absolute Gasteiger partial charge is 0.311 e. The standard InChI is InChI=1S/C5H12N2O2.ClH/c1-6-4-5(8)7(2)9-3;/h6H,4H2,1-3H3;1H. The smallest absolute Gasteiger partial charge is 0.259 e. The number of hydrogen-bond acceptors (Lipinski definition) is 3. The van der Waals surface area contributed by atoms with Crippen LogP contribution in [0.5, 0.6) is 0 Å². The Hall–Kier alpha value is -0.320. The first-order valence-corrected chi connectivity index (χ1v) is 2.67. The molecule has 0 aromatic carbocycles. The second-order valence-electron chi connectivity index (χ2n) is 1.60. The van der Waals surface area contributed by atoms with E-state index in [0.717, 1.165) is 0 Å². The van der Waals surface area contributed by atoms with Crippen molar-refractivity contribution in [1.29, 1.82) is 0 Å². The van der Waals surface area contributed by atoms with Crippen LogP contribution in [0.2, 0.25) is 0 Å². The maximum absolute atomic E-state index is 10.7. The number of hydroxylamine groups is 2. The van der Waals surface area contributed by atoms with Crippen LogP contribution in [0.25, 0.3) is 0 Å². The van der Waals surface area contributed by atoms with Crippen molar-refractivity contribution in [2.75, 3.05) is 27.7 Å². The maximum Gasteiger partial charge on any atom is 0.259 e. The lowest BCUT2D eigenvalue weighted by Gasteiger charge is -2.12. The lowest BCUT2D eigenvalue weighted by Crippen LogP contribution is -2.33. The van der Waals surface area contributed by atoms with E-state index in [4.69, 9.17) is 0 Å². The summed E-state index contributed by atoms with van der Waals surface area (Å²) >= 11 is 0. The van der Waals surface area contributed by atoms with Gasteiger partial charge in [0.1, 0.15) is 0 Å². The molecule has 62 valence electrons. The van der Waals surface area contributed by atoms with Crippen molar-refractivity contribution >= 4 is 18.3 Å². The first-order valence-electron chi connectivity index (χ1n) is 2.67. The van der Waals surface area contributed by atoms with Crippen molar-refractivity contribution in [3.63, 3.8) is 0 Å². The fourth-order valence-corrected chi connectivity index (χ4v) is 0.364. The van der Waals surface area contributed by atoms with Crippen LogP contribution >= 0.6 is 12.4 Å². The Labute approximate surface area is 66.9 Å². The van der Waals surface area contributed by atoms with Gasteiger partial charge in [-0.3, -0.25) is 9.63 Å². The Morgan fingerprint density at radius 3 is 2.50 bits per heavy atom. The predicted octanol–water partition coefficient (Wildman–Crippen LogP) is -0.353. The van der Waals surface area contributed by atoms with E-state index in [0.29, 0.717) is 6.54 Å². The minimum absolute atomic E-state index is 0. The number of nitrogens with one attached hydrogen (secondary N) is 1. The topological polar surface area (TPSA) is 41.6 Å². The van der Waals surface area contributed by atoms with Crippen LogP contribution in [0, 0.1) is 0 Å². The van der Waals surface area contributed by atoms with E-state index in [1.165, 1.54) is 12.2 Å². The molecule has 10 heavy (non-hydrogen) atoms. The molecule has 0 unspecified atom stereocenters. The minimum atomic E-state index is -0.0833. The van der Waals surface area contributed by atoms with Gasteiger partial charge in [-0.15, -0.1) is 12.4 Å². The lowest BCUT2D eigenvalue weighted by molar-refractivity contribution is -0.167. The van der Waals surface area contributed by atoms with Crippen LogP contribution in [-0.4, -0.2) is 38.7 Å². The van der Waals surface area contributed by atoms with Crippen LogP contribution in [0.15, 0.2) is 0 Å². The summed E-state index contributed by atoms with van der Waals surface area (Å²) in [6.07, 6.45) is 0. The summed E-state index contributed by atoms with van der Waals surface area (Å²) < 4.78 is 0. The normalized spacial score (nSPS) is 8.30. The number of likely N-dealkylation sites (N-methyl/N-ethyl adjacent to an activating group) is 2. The molecule has 0 aromatic rings. The van der Waals surface area contributed by atoms with Gasteiger partial charge in [0.05, 0.1) is 13.7 Å². The summed E-state index contributed by atoms with van der Waals surface area (Å²) in [6, 6.07) is 0. The molecule has 0 aliphatic heterocycles. The Morgan fingerprint density at radius 1 is 1.70 bits per heavy atom. The second-order valence-corrected chi connectivity index (χ2v) is 1.60. The van der Waals surface area contributed by atoms with Crippen LogP contribution < -0.4 is 5.32 Å². The Morgan fingerprint density at radius 2 is 2.20 bits per heavy atom. The van der Waals surface area contributed by atoms with Crippen molar-refractivity contribution in [3.8, 4) is 0 Å². The first kappa shape index (κ1) is 12.4. The van der Waals surface area contributed by atoms with Gasteiger partial charge in [-0.2, -0.15) is 0 Å². The van der Waals surface area contributed by atoms with Crippen LogP contribution in [-0.2, 0) is 9.63 Å². The van der Waals surface area contributed by atoms with E-state index in [1.54, 1.807) is 14.1 Å². The van der Waals surface area contributed by atoms with Gasteiger partial charge in [-0.25, -0.2) is 5.06 Å². The van der Waals surface area contributed by atoms with Crippen LogP contribution in [0.3, 0.4) is 0 Å². The van der Waals surface area contributed by atoms with E-state index in [-0.39, 0.29) is 18.3 Å². The second kappa shape index (κ2) is 6.80. The third kappa shape index (κ3) is 4.55. The third-order valence-corrected chi connectivity index (χ3v) is 0.953. The molecule has 0 fully saturated rings. The molecular weight excluding hydrogens is 156 g/mol. The molecular formula is C5H13ClN2O2. The average molecular weight is 169 g/mol. The molecule has 0 atom stereocenters. The number of amides is 1. The third-order valence-electron chi connectivity index (χ3n) is 0.953. The highest BCUT2D eigenvalue weighted by molar-refractivity contribution is 5.85. The van der Waals surface area contributed by atoms with E-state index >= 15 is 0 Å². The fraction of sp³-hybridized carbons (Fsp3) is 0.800. The van der Waals surface area contributed by atoms with Crippen molar-refractivity contribution in [2.45, 2.75) is 0 Å². The maximum atomic E-state index is 10.7. The van der Waals surface area contributed by atoms with Gasteiger partial charge < -0.3 is 5.32 Å². The Bertz CT molecular complexity index is 99.6. The molecule has 0 heterocycles. The van der Waals surface area contributed by atoms with Crippen LogP contribution in [0.4, 0.5) is 0 Å². The molecule has 5 heteroatoms. The number of hydrogen-bond donors (Lipinski definition) is 1. The number of carbonyl (C=O) groups is 1. The molecule has 0 aliphatic rings. The number of nitrogens with zero attached hydrogens (tertiary/aromatic N) is 1. The summed E-state index contributed by atoms with van der Waals surface area (Å²) in [5.74, 6) is -0.0833. The zero-order valence-electron chi connectivity index (χ0n) is 6.38. The van der Waals surface area contributed by atoms with Gasteiger partial charge in [0.25, 0.3) is 5.91 Å². The van der Waals surface area contributed by atoms with Crippen molar-refractivity contribution in [1.82, 2.24) is 10.4 Å². The molecule has 0 bridgehead atoms. The van der Waals surface area contributed by atoms with Gasteiger partial charge in [0.15, 0.2) is 0 Å². The summed E-state index contributed by atoms with van der Waals surface area (Å²) in [5.41, 5.74) is 0. The molecule has 4 nitrogen and oxygen atoms in total. The molecule has 0 rings (SSSR count). The van der Waals surface area contributed by atoms with E-state index < -0.39 is 0 Å². The zero-order chi connectivity index (χ0) is 7.28. The van der Waals surface area contributed by atoms with Gasteiger partial charge in [0.2, 0.25) is 0 Å². The minimum Gasteiger partial charge on any atom is -0.311 e. The zero-order valence-corrected chi connectivity index (χ0v) is 7.20. The van der Waals surface area contributed by atoms with Gasteiger partial charge in [-0.1, -0.05) is 0 Å². The number of rotatable bonds is 3. The highest BCUT2D eigenvalue weighted by Gasteiger charge is 2.03. The summed E-state index contributed by atoms with van der Waals surface area (Å²) in [5, 5.41) is 3.89. The lowest BCUT2D eigenvalue weighted by atomic mass is 10.6. The highest BCUT2D eigenvalue weighted by atomic mass is 35.5. The summed E-state index contributed by atoms with van der Waals surface area (Å²) in [6.45, 7) is 0.310. The highest BCUT2D eigenvalue weighted by Crippen LogP contribution is 1.80. The number of halogens is 1. The average Bonchev–Trinajstić information content (AvgIpc) is 1.87. The SMILES string of the molecule is CNCC(=O)N(C)OC.Cl. The Balaban J connectivity index is 0. The molecule has 0 spiro atoms. The van der Waals surface area contributed by atoms with Crippen molar-refractivity contribution < 1.29 is 9.63 Å². The summed E-state index contributed by atoms with van der Waals surface area (Å²) in [4.78, 5) is 15.3. The predicted molar refractivity (Wildman–Crippen MR) is 41.0 cm³/mol. The van der Waals surface area contributed by atoms with Gasteiger partial charge in [0, 0.05) is 7.05 Å². The van der Waals surface area contributed by atoms with Crippen molar-refractivity contribution in [2.24, 2.45) is 0 Å². The summed E-state index contributed by atoms with van der Waals surface area (Å²) in [7, 11) is 4.73. The first-order chi connectivity index (χ1) is 4.22. The van der Waals surface area contributed by atoms with E-state index in [2.05, 4.69) is 10.2 Å². The van der Waals surface area contributed by atoms with Crippen LogP contribution in [0.1, 0.15) is 0 Å².